The maximum Gasteiger partial charge on any atom is 0.358 e. The molecule has 0 fully saturated rings. The van der Waals surface area contributed by atoms with E-state index in [1.807, 2.05) is 84.9 Å². The summed E-state index contributed by atoms with van der Waals surface area (Å²) in [5.41, 5.74) is 3.13. The summed E-state index contributed by atoms with van der Waals surface area (Å²) in [5, 5.41) is 0. The van der Waals surface area contributed by atoms with Crippen LogP contribution >= 0.6 is 22.6 Å². The number of aromatic nitrogens is 1. The molecule has 6 heteroatoms. The molecule has 1 heterocycles. The third kappa shape index (κ3) is 5.84. The van der Waals surface area contributed by atoms with Crippen LogP contribution in [-0.2, 0) is 22.7 Å². The van der Waals surface area contributed by atoms with E-state index in [-0.39, 0.29) is 24.5 Å². The third-order valence-corrected chi connectivity index (χ3v) is 5.82. The minimum Gasteiger partial charge on any atom is -0.457 e. The molecule has 0 N–H and O–H groups in total. The molecule has 33 heavy (non-hydrogen) atoms. The normalized spacial score (nSPS) is 10.5. The van der Waals surface area contributed by atoms with E-state index < -0.39 is 11.9 Å². The minimum atomic E-state index is -0.682. The Labute approximate surface area is 205 Å². The van der Waals surface area contributed by atoms with Crippen molar-refractivity contribution in [2.75, 3.05) is 0 Å². The van der Waals surface area contributed by atoms with Gasteiger partial charge < -0.3 is 9.47 Å². The predicted octanol–water partition coefficient (Wildman–Crippen LogP) is 6.07. The van der Waals surface area contributed by atoms with Gasteiger partial charge in [-0.25, -0.2) is 14.6 Å². The van der Waals surface area contributed by atoms with Gasteiger partial charge in [0.1, 0.15) is 13.2 Å². The number of halogens is 1. The summed E-state index contributed by atoms with van der Waals surface area (Å²) in [6.07, 6.45) is 0. The molecule has 3 aromatic carbocycles. The summed E-state index contributed by atoms with van der Waals surface area (Å²) in [7, 11) is 0. The Morgan fingerprint density at radius 2 is 1.21 bits per heavy atom. The zero-order valence-corrected chi connectivity index (χ0v) is 19.8. The SMILES string of the molecule is O=C(OCc1ccccc1)c1ccc(-c2ccccc2I)nc1C(=O)OCc1ccccc1. The number of carbonyl (C=O) groups excluding carboxylic acids is 2. The van der Waals surface area contributed by atoms with E-state index in [1.165, 1.54) is 0 Å². The smallest absolute Gasteiger partial charge is 0.358 e. The monoisotopic (exact) mass is 549 g/mol. The lowest BCUT2D eigenvalue weighted by atomic mass is 10.1. The molecule has 0 aliphatic carbocycles. The lowest BCUT2D eigenvalue weighted by Crippen LogP contribution is -2.16. The molecule has 0 spiro atoms. The number of benzene rings is 3. The van der Waals surface area contributed by atoms with Crippen molar-refractivity contribution < 1.29 is 19.1 Å². The molecule has 0 aliphatic heterocycles. The van der Waals surface area contributed by atoms with Crippen LogP contribution < -0.4 is 0 Å². The lowest BCUT2D eigenvalue weighted by Gasteiger charge is -2.12. The van der Waals surface area contributed by atoms with Crippen LogP contribution in [0.5, 0.6) is 0 Å². The van der Waals surface area contributed by atoms with Gasteiger partial charge in [0.25, 0.3) is 0 Å². The van der Waals surface area contributed by atoms with Gasteiger partial charge in [0.05, 0.1) is 11.3 Å². The number of hydrogen-bond donors (Lipinski definition) is 0. The average Bonchev–Trinajstić information content (AvgIpc) is 2.87. The fourth-order valence-corrected chi connectivity index (χ4v) is 3.85. The second-order valence-electron chi connectivity index (χ2n) is 7.20. The highest BCUT2D eigenvalue weighted by Gasteiger charge is 2.23. The summed E-state index contributed by atoms with van der Waals surface area (Å²) in [6.45, 7) is 0.170. The molecule has 0 bridgehead atoms. The van der Waals surface area contributed by atoms with Crippen LogP contribution in [0.4, 0.5) is 0 Å². The first-order chi connectivity index (χ1) is 16.1. The maximum atomic E-state index is 13.0. The van der Waals surface area contributed by atoms with Gasteiger partial charge in [0.15, 0.2) is 5.69 Å². The van der Waals surface area contributed by atoms with Crippen molar-refractivity contribution in [1.82, 2.24) is 4.98 Å². The topological polar surface area (TPSA) is 65.5 Å². The van der Waals surface area contributed by atoms with Gasteiger partial charge in [-0.05, 0) is 51.9 Å². The highest BCUT2D eigenvalue weighted by molar-refractivity contribution is 14.1. The van der Waals surface area contributed by atoms with Crippen LogP contribution in [0.15, 0.2) is 97.1 Å². The predicted molar refractivity (Wildman–Crippen MR) is 134 cm³/mol. The number of ether oxygens (including phenoxy) is 2. The van der Waals surface area contributed by atoms with Gasteiger partial charge >= 0.3 is 11.9 Å². The first-order valence-electron chi connectivity index (χ1n) is 10.3. The summed E-state index contributed by atoms with van der Waals surface area (Å²) in [6, 6.07) is 29.7. The van der Waals surface area contributed by atoms with Crippen molar-refractivity contribution in [2.24, 2.45) is 0 Å². The van der Waals surface area contributed by atoms with Gasteiger partial charge in [-0.3, -0.25) is 0 Å². The van der Waals surface area contributed by atoms with Crippen LogP contribution in [0.3, 0.4) is 0 Å². The van der Waals surface area contributed by atoms with Crippen LogP contribution in [0, 0.1) is 3.57 Å². The largest absolute Gasteiger partial charge is 0.457 e. The number of esters is 2. The van der Waals surface area contributed by atoms with E-state index in [4.69, 9.17) is 9.47 Å². The summed E-state index contributed by atoms with van der Waals surface area (Å²) in [4.78, 5) is 30.4. The molecule has 0 radical (unpaired) electrons. The molecule has 0 saturated heterocycles. The molecule has 0 amide bonds. The van der Waals surface area contributed by atoms with Crippen LogP contribution in [-0.4, -0.2) is 16.9 Å². The maximum absolute atomic E-state index is 13.0. The van der Waals surface area contributed by atoms with Crippen LogP contribution in [0.1, 0.15) is 32.0 Å². The van der Waals surface area contributed by atoms with Crippen molar-refractivity contribution in [3.05, 3.63) is 123 Å². The molecule has 0 aliphatic rings. The van der Waals surface area contributed by atoms with Crippen molar-refractivity contribution in [3.63, 3.8) is 0 Å². The van der Waals surface area contributed by atoms with E-state index >= 15 is 0 Å². The Bertz CT molecular complexity index is 1260. The third-order valence-electron chi connectivity index (χ3n) is 4.88. The first kappa shape index (κ1) is 22.7. The zero-order valence-electron chi connectivity index (χ0n) is 17.6. The number of pyridine rings is 1. The Morgan fingerprint density at radius 1 is 0.667 bits per heavy atom. The van der Waals surface area contributed by atoms with Gasteiger partial charge in [-0.1, -0.05) is 78.9 Å². The molecule has 4 aromatic rings. The number of hydrogen-bond acceptors (Lipinski definition) is 5. The molecule has 0 unspecified atom stereocenters. The second-order valence-corrected chi connectivity index (χ2v) is 8.36. The number of rotatable bonds is 7. The highest BCUT2D eigenvalue weighted by Crippen LogP contribution is 2.25. The Kier molecular flexibility index (Phi) is 7.47. The van der Waals surface area contributed by atoms with Gasteiger partial charge in [0, 0.05) is 9.13 Å². The van der Waals surface area contributed by atoms with E-state index in [0.29, 0.717) is 5.69 Å². The summed E-state index contributed by atoms with van der Waals surface area (Å²) in [5.74, 6) is -1.31. The van der Waals surface area contributed by atoms with E-state index in [1.54, 1.807) is 12.1 Å². The van der Waals surface area contributed by atoms with Crippen molar-refractivity contribution in [3.8, 4) is 11.3 Å². The molecule has 164 valence electrons. The van der Waals surface area contributed by atoms with E-state index in [0.717, 1.165) is 20.3 Å². The van der Waals surface area contributed by atoms with Crippen molar-refractivity contribution in [2.45, 2.75) is 13.2 Å². The Balaban J connectivity index is 1.62. The molecule has 5 nitrogen and oxygen atoms in total. The highest BCUT2D eigenvalue weighted by atomic mass is 127. The molecular weight excluding hydrogens is 529 g/mol. The first-order valence-corrected chi connectivity index (χ1v) is 11.4. The van der Waals surface area contributed by atoms with Crippen molar-refractivity contribution in [1.29, 1.82) is 0 Å². The number of carbonyl (C=O) groups is 2. The lowest BCUT2D eigenvalue weighted by molar-refractivity contribution is 0.0420. The van der Waals surface area contributed by atoms with Crippen LogP contribution in [0.25, 0.3) is 11.3 Å². The zero-order chi connectivity index (χ0) is 23.0. The molecule has 1 aromatic heterocycles. The van der Waals surface area contributed by atoms with E-state index in [9.17, 15) is 9.59 Å². The van der Waals surface area contributed by atoms with Gasteiger partial charge in [-0.2, -0.15) is 0 Å². The van der Waals surface area contributed by atoms with Crippen LogP contribution in [0.2, 0.25) is 0 Å². The molecule has 0 atom stereocenters. The Hall–Kier alpha value is -3.52. The fraction of sp³-hybridized carbons (Fsp3) is 0.0741. The van der Waals surface area contributed by atoms with E-state index in [2.05, 4.69) is 27.6 Å². The molecular formula is C27H20INO4. The fourth-order valence-electron chi connectivity index (χ4n) is 3.19. The summed E-state index contributed by atoms with van der Waals surface area (Å²) >= 11 is 2.21. The molecule has 0 saturated carbocycles. The number of nitrogens with zero attached hydrogens (tertiary/aromatic N) is 1. The van der Waals surface area contributed by atoms with Gasteiger partial charge in [0.2, 0.25) is 0 Å². The Morgan fingerprint density at radius 3 is 1.82 bits per heavy atom. The standard InChI is InChI=1S/C27H20INO4/c28-23-14-8-7-13-21(23)24-16-15-22(26(30)32-17-19-9-3-1-4-10-19)25(29-24)27(31)33-18-20-11-5-2-6-12-20/h1-16H,17-18H2. The average molecular weight is 549 g/mol. The van der Waals surface area contributed by atoms with Crippen molar-refractivity contribution >= 4 is 34.5 Å². The second kappa shape index (κ2) is 10.9. The molecule has 4 rings (SSSR count). The van der Waals surface area contributed by atoms with Gasteiger partial charge in [-0.15, -0.1) is 0 Å². The summed E-state index contributed by atoms with van der Waals surface area (Å²) < 4.78 is 11.9. The minimum absolute atomic E-state index is 0.0682. The quantitative estimate of drug-likeness (QED) is 0.207.